The van der Waals surface area contributed by atoms with E-state index in [0.29, 0.717) is 19.6 Å². The molecule has 2 heterocycles. The molecular formula is C28H27F6N3O8. The van der Waals surface area contributed by atoms with Crippen molar-refractivity contribution in [1.29, 1.82) is 0 Å². The second kappa shape index (κ2) is 15.2. The number of hydrogen-bond donors (Lipinski definition) is 4. The summed E-state index contributed by atoms with van der Waals surface area (Å²) in [5, 5.41) is 24.0. The van der Waals surface area contributed by atoms with Crippen molar-refractivity contribution in [2.24, 2.45) is 0 Å². The van der Waals surface area contributed by atoms with E-state index in [1.807, 2.05) is 43.3 Å². The van der Waals surface area contributed by atoms with Crippen LogP contribution in [0.1, 0.15) is 34.7 Å². The number of carboxylic acid groups (broad SMARTS) is 2. The average molecular weight is 648 g/mol. The lowest BCUT2D eigenvalue weighted by atomic mass is 9.98. The molecule has 11 nitrogen and oxygen atoms in total. The number of alkyl halides is 6. The number of halogens is 6. The third kappa shape index (κ3) is 10.9. The Kier molecular flexibility index (Phi) is 12.2. The molecule has 0 saturated carbocycles. The molecule has 1 aromatic heterocycles. The Balaban J connectivity index is 0.000000421. The standard InChI is InChI=1S/C24H25N3O4.2C2HF3O2/c1-15-3-8-22-21(11-15)18(12-16(2)25-22)14-31-19-6-4-17(5-7-19)20-9-10-27(24(20)29)13-23(28)26-30;2*3-2(4,5)1(6)7/h3-8,11-12,20,30H,9-10,13-14H2,1-2H3,(H,26,28);2*(H,6,7). The van der Waals surface area contributed by atoms with Crippen LogP contribution in [0.25, 0.3) is 10.9 Å². The van der Waals surface area contributed by atoms with Crippen LogP contribution in [0.4, 0.5) is 26.3 Å². The first kappa shape index (κ1) is 36.3. The SMILES string of the molecule is Cc1ccc2nc(C)cc(COc3ccc(C4CCN(CC(=O)NO)C4=O)cc3)c2c1.O=C(O)C(F)(F)F.O=C(O)C(F)(F)F. The van der Waals surface area contributed by atoms with E-state index in [0.717, 1.165) is 33.5 Å². The van der Waals surface area contributed by atoms with Crippen molar-refractivity contribution in [3.63, 3.8) is 0 Å². The molecule has 45 heavy (non-hydrogen) atoms. The molecule has 1 saturated heterocycles. The molecule has 2 amide bonds. The van der Waals surface area contributed by atoms with Gasteiger partial charge in [0, 0.05) is 23.2 Å². The van der Waals surface area contributed by atoms with Crippen LogP contribution >= 0.6 is 0 Å². The fourth-order valence-electron chi connectivity index (χ4n) is 4.05. The summed E-state index contributed by atoms with van der Waals surface area (Å²) in [7, 11) is 0. The van der Waals surface area contributed by atoms with E-state index in [9.17, 15) is 35.9 Å². The Labute approximate surface area is 251 Å². The number of hydroxylamine groups is 1. The molecule has 1 fully saturated rings. The number of carboxylic acids is 2. The zero-order chi connectivity index (χ0) is 34.1. The Bertz CT molecular complexity index is 1500. The first-order chi connectivity index (χ1) is 20.8. The summed E-state index contributed by atoms with van der Waals surface area (Å²) in [5.41, 5.74) is 6.62. The maximum absolute atomic E-state index is 12.6. The largest absolute Gasteiger partial charge is 0.490 e. The van der Waals surface area contributed by atoms with Crippen LogP contribution in [0, 0.1) is 13.8 Å². The molecule has 244 valence electrons. The van der Waals surface area contributed by atoms with Gasteiger partial charge in [0.25, 0.3) is 5.91 Å². The highest BCUT2D eigenvalue weighted by atomic mass is 19.4. The molecule has 1 aliphatic heterocycles. The first-order valence-corrected chi connectivity index (χ1v) is 12.7. The predicted molar refractivity (Wildman–Crippen MR) is 143 cm³/mol. The number of aromatic nitrogens is 1. The van der Waals surface area contributed by atoms with Gasteiger partial charge < -0.3 is 19.8 Å². The van der Waals surface area contributed by atoms with Gasteiger partial charge >= 0.3 is 24.3 Å². The molecule has 4 N–H and O–H groups in total. The summed E-state index contributed by atoms with van der Waals surface area (Å²) in [4.78, 5) is 47.7. The summed E-state index contributed by atoms with van der Waals surface area (Å²) >= 11 is 0. The molecule has 0 spiro atoms. The molecule has 0 aliphatic carbocycles. The number of carbonyl (C=O) groups is 4. The van der Waals surface area contributed by atoms with E-state index < -0.39 is 30.2 Å². The number of ether oxygens (including phenoxy) is 1. The van der Waals surface area contributed by atoms with E-state index in [1.165, 1.54) is 10.5 Å². The lowest BCUT2D eigenvalue weighted by Gasteiger charge is -2.15. The van der Waals surface area contributed by atoms with Crippen molar-refractivity contribution in [3.05, 3.63) is 70.9 Å². The van der Waals surface area contributed by atoms with Crippen LogP contribution in [-0.2, 0) is 25.8 Å². The third-order valence-corrected chi connectivity index (χ3v) is 6.10. The van der Waals surface area contributed by atoms with Gasteiger partial charge in [-0.3, -0.25) is 19.8 Å². The van der Waals surface area contributed by atoms with Crippen LogP contribution < -0.4 is 10.2 Å². The van der Waals surface area contributed by atoms with Crippen molar-refractivity contribution >= 4 is 34.7 Å². The van der Waals surface area contributed by atoms with Crippen molar-refractivity contribution in [1.82, 2.24) is 15.4 Å². The summed E-state index contributed by atoms with van der Waals surface area (Å²) < 4.78 is 69.5. The monoisotopic (exact) mass is 647 g/mol. The predicted octanol–water partition coefficient (Wildman–Crippen LogP) is 4.52. The number of pyridine rings is 1. The number of nitrogens with one attached hydrogen (secondary N) is 1. The fraction of sp³-hybridized carbons (Fsp3) is 0.321. The molecule has 4 rings (SSSR count). The van der Waals surface area contributed by atoms with Gasteiger partial charge in [0.1, 0.15) is 18.9 Å². The maximum Gasteiger partial charge on any atom is 0.490 e. The van der Waals surface area contributed by atoms with Gasteiger partial charge in [-0.15, -0.1) is 0 Å². The molecule has 1 atom stereocenters. The van der Waals surface area contributed by atoms with Gasteiger partial charge in [0.2, 0.25) is 5.91 Å². The van der Waals surface area contributed by atoms with Gasteiger partial charge in [-0.1, -0.05) is 23.8 Å². The molecule has 3 aromatic rings. The van der Waals surface area contributed by atoms with E-state index in [2.05, 4.69) is 24.0 Å². The molecular weight excluding hydrogens is 620 g/mol. The third-order valence-electron chi connectivity index (χ3n) is 6.10. The topological polar surface area (TPSA) is 166 Å². The summed E-state index contributed by atoms with van der Waals surface area (Å²) in [6, 6.07) is 15.8. The van der Waals surface area contributed by atoms with Crippen molar-refractivity contribution in [3.8, 4) is 5.75 Å². The normalized spacial score (nSPS) is 14.6. The van der Waals surface area contributed by atoms with Gasteiger partial charge in [-0.25, -0.2) is 15.1 Å². The van der Waals surface area contributed by atoms with E-state index in [4.69, 9.17) is 29.7 Å². The number of amides is 2. The van der Waals surface area contributed by atoms with Gasteiger partial charge in [0.15, 0.2) is 0 Å². The minimum absolute atomic E-state index is 0.105. The number of likely N-dealkylation sites (tertiary alicyclic amines) is 1. The van der Waals surface area contributed by atoms with Crippen LogP contribution in [0.15, 0.2) is 48.5 Å². The number of hydrogen-bond acceptors (Lipinski definition) is 7. The lowest BCUT2D eigenvalue weighted by Crippen LogP contribution is -2.37. The van der Waals surface area contributed by atoms with E-state index >= 15 is 0 Å². The van der Waals surface area contributed by atoms with E-state index in [1.54, 1.807) is 5.48 Å². The Morgan fingerprint density at radius 2 is 1.51 bits per heavy atom. The zero-order valence-electron chi connectivity index (χ0n) is 23.6. The number of carbonyl (C=O) groups excluding carboxylic acids is 2. The van der Waals surface area contributed by atoms with Crippen molar-refractivity contribution in [2.45, 2.75) is 45.1 Å². The van der Waals surface area contributed by atoms with Gasteiger partial charge in [-0.2, -0.15) is 26.3 Å². The first-order valence-electron chi connectivity index (χ1n) is 12.7. The molecule has 1 aliphatic rings. The van der Waals surface area contributed by atoms with Crippen molar-refractivity contribution < 1.29 is 65.7 Å². The summed E-state index contributed by atoms with van der Waals surface area (Å²) in [6.45, 7) is 4.82. The molecule has 0 bridgehead atoms. The highest BCUT2D eigenvalue weighted by Crippen LogP contribution is 2.30. The van der Waals surface area contributed by atoms with Crippen LogP contribution in [0.3, 0.4) is 0 Å². The van der Waals surface area contributed by atoms with Crippen LogP contribution in [0.5, 0.6) is 5.75 Å². The molecule has 0 radical (unpaired) electrons. The summed E-state index contributed by atoms with van der Waals surface area (Å²) in [6.07, 6.45) is -9.53. The van der Waals surface area contributed by atoms with Gasteiger partial charge in [0.05, 0.1) is 11.4 Å². The van der Waals surface area contributed by atoms with Crippen LogP contribution in [0.2, 0.25) is 0 Å². The van der Waals surface area contributed by atoms with E-state index in [-0.39, 0.29) is 18.4 Å². The molecule has 1 unspecified atom stereocenters. The molecule has 17 heteroatoms. The summed E-state index contributed by atoms with van der Waals surface area (Å²) in [5.74, 6) is -5.77. The maximum atomic E-state index is 12.6. The fourth-order valence-corrected chi connectivity index (χ4v) is 4.05. The van der Waals surface area contributed by atoms with Gasteiger partial charge in [-0.05, 0) is 56.2 Å². The van der Waals surface area contributed by atoms with Crippen LogP contribution in [-0.4, -0.2) is 74.5 Å². The average Bonchev–Trinajstić information content (AvgIpc) is 3.31. The Hall–Kier alpha value is -4.93. The highest BCUT2D eigenvalue weighted by molar-refractivity contribution is 5.90. The Morgan fingerprint density at radius 3 is 2.02 bits per heavy atom. The Morgan fingerprint density at radius 1 is 0.956 bits per heavy atom. The second-order valence-electron chi connectivity index (χ2n) is 9.54. The number of nitrogens with zero attached hydrogens (tertiary/aromatic N) is 2. The minimum atomic E-state index is -5.08. The number of aliphatic carboxylic acids is 2. The van der Waals surface area contributed by atoms with Crippen molar-refractivity contribution in [2.75, 3.05) is 13.1 Å². The highest BCUT2D eigenvalue weighted by Gasteiger charge is 2.39. The minimum Gasteiger partial charge on any atom is -0.489 e. The smallest absolute Gasteiger partial charge is 0.489 e. The quantitative estimate of drug-likeness (QED) is 0.171. The second-order valence-corrected chi connectivity index (χ2v) is 9.54. The molecule has 2 aromatic carbocycles. The number of aryl methyl sites for hydroxylation is 2. The lowest BCUT2D eigenvalue weighted by molar-refractivity contribution is -0.193. The number of rotatable bonds is 6. The number of fused-ring (bicyclic) bond motifs is 1. The number of benzene rings is 2. The zero-order valence-corrected chi connectivity index (χ0v) is 23.6.